The lowest BCUT2D eigenvalue weighted by Gasteiger charge is -2.32. The Bertz CT molecular complexity index is 835. The molecule has 0 aromatic heterocycles. The third kappa shape index (κ3) is 5.31. The second-order valence-corrected chi connectivity index (χ2v) is 9.63. The molecule has 1 aromatic rings. The van der Waals surface area contributed by atoms with Crippen molar-refractivity contribution in [2.45, 2.75) is 56.4 Å². The van der Waals surface area contributed by atoms with Crippen LogP contribution in [0.15, 0.2) is 29.2 Å². The van der Waals surface area contributed by atoms with Gasteiger partial charge in [-0.05, 0) is 43.9 Å². The van der Waals surface area contributed by atoms with Crippen molar-refractivity contribution in [3.63, 3.8) is 0 Å². The lowest BCUT2D eigenvalue weighted by atomic mass is 9.94. The first-order valence-electron chi connectivity index (χ1n) is 10.7. The summed E-state index contributed by atoms with van der Waals surface area (Å²) in [6.07, 6.45) is 6.19. The zero-order valence-electron chi connectivity index (χ0n) is 17.6. The molecule has 0 atom stereocenters. The van der Waals surface area contributed by atoms with Gasteiger partial charge in [-0.3, -0.25) is 10.2 Å². The van der Waals surface area contributed by atoms with Gasteiger partial charge in [-0.1, -0.05) is 31.4 Å². The number of benzene rings is 1. The first-order chi connectivity index (χ1) is 14.4. The van der Waals surface area contributed by atoms with Gasteiger partial charge in [0, 0.05) is 25.7 Å². The molecule has 1 aliphatic carbocycles. The van der Waals surface area contributed by atoms with E-state index in [2.05, 4.69) is 5.32 Å². The molecule has 1 amide bonds. The van der Waals surface area contributed by atoms with Crippen LogP contribution in [0.25, 0.3) is 0 Å². The number of ether oxygens (including phenoxy) is 1. The highest BCUT2D eigenvalue weighted by molar-refractivity contribution is 7.89. The van der Waals surface area contributed by atoms with Gasteiger partial charge >= 0.3 is 0 Å². The summed E-state index contributed by atoms with van der Waals surface area (Å²) in [6.45, 7) is 3.75. The zero-order valence-corrected chi connectivity index (χ0v) is 18.4. The van der Waals surface area contributed by atoms with Crippen LogP contribution in [0.5, 0.6) is 0 Å². The molecular weight excluding hydrogens is 404 g/mol. The van der Waals surface area contributed by atoms with Crippen molar-refractivity contribution in [3.8, 4) is 0 Å². The molecule has 1 aliphatic heterocycles. The molecule has 9 heteroatoms. The highest BCUT2D eigenvalue weighted by Crippen LogP contribution is 2.28. The molecule has 2 N–H and O–H groups in total. The standard InChI is InChI=1S/C21H32N4O4S/c1-2-29-16-20(26)23-13-12-17-8-10-19(11-9-17)30(27,28)25-15-14-24(21(25)22)18-6-4-3-5-7-18/h8-11,18,22H,2-7,12-16H2,1H3,(H,23,26). The summed E-state index contributed by atoms with van der Waals surface area (Å²) in [5.74, 6) is -0.0610. The summed E-state index contributed by atoms with van der Waals surface area (Å²) in [7, 11) is -3.74. The summed E-state index contributed by atoms with van der Waals surface area (Å²) in [4.78, 5) is 13.7. The molecule has 1 aromatic carbocycles. The van der Waals surface area contributed by atoms with Crippen molar-refractivity contribution in [2.75, 3.05) is 32.8 Å². The first kappa shape index (κ1) is 22.6. The number of nitrogens with one attached hydrogen (secondary N) is 2. The Hall–Kier alpha value is -2.13. The maximum Gasteiger partial charge on any atom is 0.266 e. The number of carbonyl (C=O) groups excluding carboxylic acids is 1. The lowest BCUT2D eigenvalue weighted by Crippen LogP contribution is -2.42. The van der Waals surface area contributed by atoms with E-state index >= 15 is 0 Å². The summed E-state index contributed by atoms with van der Waals surface area (Å²) >= 11 is 0. The average molecular weight is 437 g/mol. The summed E-state index contributed by atoms with van der Waals surface area (Å²) < 4.78 is 32.4. The fraction of sp³-hybridized carbons (Fsp3) is 0.619. The van der Waals surface area contributed by atoms with Crippen LogP contribution in [0, 0.1) is 5.41 Å². The third-order valence-corrected chi connectivity index (χ3v) is 7.56. The minimum Gasteiger partial charge on any atom is -0.372 e. The SMILES string of the molecule is CCOCC(=O)NCCc1ccc(S(=O)(=O)N2CCN(C3CCCCC3)C2=N)cc1. The van der Waals surface area contributed by atoms with Gasteiger partial charge in [0.2, 0.25) is 11.9 Å². The van der Waals surface area contributed by atoms with E-state index in [0.29, 0.717) is 32.7 Å². The fourth-order valence-corrected chi connectivity index (χ4v) is 5.47. The third-order valence-electron chi connectivity index (χ3n) is 5.75. The van der Waals surface area contributed by atoms with E-state index in [1.54, 1.807) is 24.3 Å². The maximum atomic E-state index is 13.1. The van der Waals surface area contributed by atoms with Crippen molar-refractivity contribution in [2.24, 2.45) is 0 Å². The van der Waals surface area contributed by atoms with Gasteiger partial charge < -0.3 is 15.0 Å². The Morgan fingerprint density at radius 1 is 1.17 bits per heavy atom. The van der Waals surface area contributed by atoms with Gasteiger partial charge in [-0.2, -0.15) is 0 Å². The van der Waals surface area contributed by atoms with Gasteiger partial charge in [0.05, 0.1) is 11.4 Å². The molecule has 166 valence electrons. The molecule has 0 unspecified atom stereocenters. The molecule has 2 aliphatic rings. The van der Waals surface area contributed by atoms with Gasteiger partial charge in [-0.15, -0.1) is 0 Å². The molecule has 30 heavy (non-hydrogen) atoms. The van der Waals surface area contributed by atoms with Crippen LogP contribution in [0.3, 0.4) is 0 Å². The number of nitrogens with zero attached hydrogens (tertiary/aromatic N) is 2. The molecule has 0 bridgehead atoms. The van der Waals surface area contributed by atoms with Crippen LogP contribution in [-0.4, -0.2) is 68.4 Å². The Kier molecular flexibility index (Phi) is 7.71. The van der Waals surface area contributed by atoms with Gasteiger partial charge in [0.1, 0.15) is 6.61 Å². The second kappa shape index (κ2) is 10.3. The van der Waals surface area contributed by atoms with E-state index in [4.69, 9.17) is 10.1 Å². The molecule has 0 radical (unpaired) electrons. The van der Waals surface area contributed by atoms with Crippen molar-refractivity contribution in [1.82, 2.24) is 14.5 Å². The number of hydrogen-bond acceptors (Lipinski definition) is 5. The topological polar surface area (TPSA) is 103 Å². The number of guanidine groups is 1. The van der Waals surface area contributed by atoms with Crippen molar-refractivity contribution in [1.29, 1.82) is 5.41 Å². The van der Waals surface area contributed by atoms with Gasteiger partial charge in [-0.25, -0.2) is 12.7 Å². The fourth-order valence-electron chi connectivity index (χ4n) is 4.08. The molecule has 1 heterocycles. The molecule has 3 rings (SSSR count). The van der Waals surface area contributed by atoms with E-state index < -0.39 is 10.0 Å². The largest absolute Gasteiger partial charge is 0.372 e. The molecular formula is C21H32N4O4S. The van der Waals surface area contributed by atoms with Crippen LogP contribution in [0.1, 0.15) is 44.6 Å². The maximum absolute atomic E-state index is 13.1. The van der Waals surface area contributed by atoms with E-state index in [0.717, 1.165) is 31.2 Å². The normalized spacial score (nSPS) is 18.1. The number of carbonyl (C=O) groups is 1. The summed E-state index contributed by atoms with van der Waals surface area (Å²) in [6, 6.07) is 6.99. The first-order valence-corrected chi connectivity index (χ1v) is 12.2. The molecule has 0 spiro atoms. The molecule has 2 fully saturated rings. The average Bonchev–Trinajstić information content (AvgIpc) is 3.15. The zero-order chi connectivity index (χ0) is 21.6. The number of rotatable bonds is 9. The van der Waals surface area contributed by atoms with Crippen molar-refractivity contribution < 1.29 is 17.9 Å². The Balaban J connectivity index is 1.57. The Labute approximate surface area is 179 Å². The van der Waals surface area contributed by atoms with E-state index in [1.807, 2.05) is 11.8 Å². The minimum absolute atomic E-state index is 0.0490. The number of sulfonamides is 1. The summed E-state index contributed by atoms with van der Waals surface area (Å²) in [5, 5.41) is 11.2. The molecule has 8 nitrogen and oxygen atoms in total. The van der Waals surface area contributed by atoms with Crippen molar-refractivity contribution in [3.05, 3.63) is 29.8 Å². The predicted octanol–water partition coefficient (Wildman–Crippen LogP) is 1.96. The van der Waals surface area contributed by atoms with Crippen LogP contribution >= 0.6 is 0 Å². The minimum atomic E-state index is -3.74. The molecule has 1 saturated carbocycles. The predicted molar refractivity (Wildman–Crippen MR) is 115 cm³/mol. The second-order valence-electron chi connectivity index (χ2n) is 7.77. The van der Waals surface area contributed by atoms with Crippen molar-refractivity contribution >= 4 is 21.9 Å². The summed E-state index contributed by atoms with van der Waals surface area (Å²) in [5.41, 5.74) is 0.936. The highest BCUT2D eigenvalue weighted by Gasteiger charge is 2.38. The molecule has 1 saturated heterocycles. The Morgan fingerprint density at radius 2 is 1.87 bits per heavy atom. The highest BCUT2D eigenvalue weighted by atomic mass is 32.2. The number of hydrogen-bond donors (Lipinski definition) is 2. The van der Waals surface area contributed by atoms with E-state index in [9.17, 15) is 13.2 Å². The smallest absolute Gasteiger partial charge is 0.266 e. The quantitative estimate of drug-likeness (QED) is 0.616. The van der Waals surface area contributed by atoms with E-state index in [-0.39, 0.29) is 29.4 Å². The van der Waals surface area contributed by atoms with Crippen LogP contribution in [0.4, 0.5) is 0 Å². The van der Waals surface area contributed by atoms with E-state index in [1.165, 1.54) is 10.7 Å². The lowest BCUT2D eigenvalue weighted by molar-refractivity contribution is -0.125. The monoisotopic (exact) mass is 436 g/mol. The van der Waals surface area contributed by atoms with Crippen LogP contribution in [0.2, 0.25) is 0 Å². The van der Waals surface area contributed by atoms with Gasteiger partial charge in [0.25, 0.3) is 10.0 Å². The van der Waals surface area contributed by atoms with Crippen LogP contribution < -0.4 is 5.32 Å². The Morgan fingerprint density at radius 3 is 2.53 bits per heavy atom. The van der Waals surface area contributed by atoms with Gasteiger partial charge in [0.15, 0.2) is 0 Å². The van der Waals surface area contributed by atoms with Crippen LogP contribution in [-0.2, 0) is 26.0 Å². The number of amides is 1.